The van der Waals surface area contributed by atoms with Crippen molar-refractivity contribution in [3.8, 4) is 0 Å². The number of halogens is 2. The van der Waals surface area contributed by atoms with Crippen molar-refractivity contribution in [2.45, 2.75) is 13.0 Å². The van der Waals surface area contributed by atoms with Crippen LogP contribution in [-0.2, 0) is 0 Å². The zero-order valence-corrected chi connectivity index (χ0v) is 13.3. The van der Waals surface area contributed by atoms with E-state index in [1.54, 1.807) is 23.5 Å². The summed E-state index contributed by atoms with van der Waals surface area (Å²) in [6.45, 7) is 2.05. The molecule has 1 atom stereocenters. The highest BCUT2D eigenvalue weighted by Crippen LogP contribution is 2.29. The summed E-state index contributed by atoms with van der Waals surface area (Å²) >= 11 is 11.0. The average Bonchev–Trinajstić information content (AvgIpc) is 2.78. The lowest BCUT2D eigenvalue weighted by atomic mass is 10.1. The van der Waals surface area contributed by atoms with Gasteiger partial charge in [0.05, 0.1) is 16.6 Å². The molecule has 3 nitrogen and oxygen atoms in total. The Kier molecular flexibility index (Phi) is 4.50. The first-order chi connectivity index (χ1) is 8.97. The van der Waals surface area contributed by atoms with Crippen molar-refractivity contribution in [3.05, 3.63) is 49.6 Å². The van der Waals surface area contributed by atoms with E-state index in [-0.39, 0.29) is 6.04 Å². The van der Waals surface area contributed by atoms with Gasteiger partial charge in [0.1, 0.15) is 0 Å². The van der Waals surface area contributed by atoms with E-state index < -0.39 is 5.91 Å². The van der Waals surface area contributed by atoms with Gasteiger partial charge in [-0.05, 0) is 47.1 Å². The summed E-state index contributed by atoms with van der Waals surface area (Å²) in [4.78, 5) is 12.4. The molecule has 0 bridgehead atoms. The summed E-state index contributed by atoms with van der Waals surface area (Å²) in [5.74, 6) is -0.528. The maximum absolute atomic E-state index is 11.2. The van der Waals surface area contributed by atoms with E-state index >= 15 is 0 Å². The largest absolute Gasteiger partial charge is 0.378 e. The van der Waals surface area contributed by atoms with Gasteiger partial charge in [-0.1, -0.05) is 11.6 Å². The van der Waals surface area contributed by atoms with Gasteiger partial charge in [0.15, 0.2) is 0 Å². The van der Waals surface area contributed by atoms with Crippen LogP contribution in [0.4, 0.5) is 5.69 Å². The fourth-order valence-electron chi connectivity index (χ4n) is 1.68. The minimum Gasteiger partial charge on any atom is -0.378 e. The van der Waals surface area contributed by atoms with Gasteiger partial charge < -0.3 is 11.1 Å². The highest BCUT2D eigenvalue weighted by Gasteiger charge is 2.11. The predicted molar refractivity (Wildman–Crippen MR) is 84.0 cm³/mol. The first-order valence-corrected chi connectivity index (χ1v) is 7.62. The van der Waals surface area contributed by atoms with Crippen LogP contribution in [0, 0.1) is 0 Å². The number of nitrogens with two attached hydrogens (primary N) is 1. The number of nitrogens with one attached hydrogen (secondary N) is 1. The molecular formula is C13H12BrClN2OS. The van der Waals surface area contributed by atoms with Crippen LogP contribution in [0.1, 0.15) is 28.2 Å². The molecule has 100 valence electrons. The average molecular weight is 360 g/mol. The summed E-state index contributed by atoms with van der Waals surface area (Å²) in [6.07, 6.45) is 0. The van der Waals surface area contributed by atoms with Crippen molar-refractivity contribution < 1.29 is 4.79 Å². The first-order valence-electron chi connectivity index (χ1n) is 5.57. The van der Waals surface area contributed by atoms with E-state index in [0.717, 1.165) is 10.2 Å². The van der Waals surface area contributed by atoms with Crippen LogP contribution < -0.4 is 11.1 Å². The van der Waals surface area contributed by atoms with Crippen LogP contribution in [0.3, 0.4) is 0 Å². The highest BCUT2D eigenvalue weighted by molar-refractivity contribution is 9.10. The Morgan fingerprint density at radius 2 is 2.21 bits per heavy atom. The number of benzene rings is 1. The molecule has 3 N–H and O–H groups in total. The van der Waals surface area contributed by atoms with Crippen LogP contribution in [0.5, 0.6) is 0 Å². The van der Waals surface area contributed by atoms with E-state index in [0.29, 0.717) is 10.6 Å². The smallest absolute Gasteiger partial charge is 0.250 e. The van der Waals surface area contributed by atoms with Crippen LogP contribution in [0.2, 0.25) is 5.02 Å². The first kappa shape index (κ1) is 14.4. The molecule has 0 radical (unpaired) electrons. The maximum atomic E-state index is 11.2. The molecule has 0 fully saturated rings. The molecule has 1 unspecified atom stereocenters. The molecule has 0 aliphatic heterocycles. The van der Waals surface area contributed by atoms with E-state index in [2.05, 4.69) is 34.2 Å². The van der Waals surface area contributed by atoms with Gasteiger partial charge >= 0.3 is 0 Å². The van der Waals surface area contributed by atoms with Gasteiger partial charge in [0.25, 0.3) is 0 Å². The van der Waals surface area contributed by atoms with Crippen LogP contribution >= 0.6 is 38.9 Å². The summed E-state index contributed by atoms with van der Waals surface area (Å²) in [6, 6.07) is 7.37. The molecule has 1 aromatic carbocycles. The lowest BCUT2D eigenvalue weighted by Gasteiger charge is -2.14. The van der Waals surface area contributed by atoms with Gasteiger partial charge in [-0.2, -0.15) is 0 Å². The number of carbonyl (C=O) groups is 1. The summed E-state index contributed by atoms with van der Waals surface area (Å²) in [7, 11) is 0. The van der Waals surface area contributed by atoms with Crippen LogP contribution in [0.15, 0.2) is 34.1 Å². The lowest BCUT2D eigenvalue weighted by Crippen LogP contribution is -2.12. The van der Waals surface area contributed by atoms with Crippen molar-refractivity contribution in [2.75, 3.05) is 5.32 Å². The van der Waals surface area contributed by atoms with Crippen LogP contribution in [-0.4, -0.2) is 5.91 Å². The van der Waals surface area contributed by atoms with E-state index in [1.165, 1.54) is 4.88 Å². The molecule has 0 spiro atoms. The highest BCUT2D eigenvalue weighted by atomic mass is 79.9. The third kappa shape index (κ3) is 3.49. The van der Waals surface area contributed by atoms with Gasteiger partial charge in [-0.3, -0.25) is 4.79 Å². The normalized spacial score (nSPS) is 12.2. The molecular weight excluding hydrogens is 348 g/mol. The Balaban J connectivity index is 2.19. The SMILES string of the molecule is CC(Nc1ccc(Cl)c(C(N)=O)c1)c1cc(Br)cs1. The minimum absolute atomic E-state index is 0.137. The predicted octanol–water partition coefficient (Wildman–Crippen LogP) is 4.44. The Labute approximate surface area is 128 Å². The third-order valence-corrected chi connectivity index (χ3v) is 4.84. The second kappa shape index (κ2) is 5.94. The molecule has 0 aliphatic rings. The van der Waals surface area contributed by atoms with Gasteiger partial charge in [-0.15, -0.1) is 11.3 Å². The molecule has 2 aromatic rings. The fourth-order valence-corrected chi connectivity index (χ4v) is 3.34. The van der Waals surface area contributed by atoms with Crippen molar-refractivity contribution >= 4 is 50.5 Å². The minimum atomic E-state index is -0.528. The second-order valence-corrected chi connectivity index (χ2v) is 6.36. The molecule has 0 aliphatic carbocycles. The van der Waals surface area contributed by atoms with Gasteiger partial charge in [0.2, 0.25) is 5.91 Å². The maximum Gasteiger partial charge on any atom is 0.250 e. The number of rotatable bonds is 4. The van der Waals surface area contributed by atoms with Crippen LogP contribution in [0.25, 0.3) is 0 Å². The second-order valence-electron chi connectivity index (χ2n) is 4.09. The fraction of sp³-hybridized carbons (Fsp3) is 0.154. The Morgan fingerprint density at radius 1 is 1.47 bits per heavy atom. The van der Waals surface area contributed by atoms with Crippen molar-refractivity contribution in [2.24, 2.45) is 5.73 Å². The molecule has 1 aromatic heterocycles. The monoisotopic (exact) mass is 358 g/mol. The standard InChI is InChI=1S/C13H12BrClN2OS/c1-7(12-4-8(14)6-19-12)17-9-2-3-11(15)10(5-9)13(16)18/h2-7,17H,1H3,(H2,16,18). The summed E-state index contributed by atoms with van der Waals surface area (Å²) < 4.78 is 1.06. The number of anilines is 1. The number of primary amides is 1. The molecule has 19 heavy (non-hydrogen) atoms. The molecule has 1 amide bonds. The summed E-state index contributed by atoms with van der Waals surface area (Å²) in [5.41, 5.74) is 6.41. The van der Waals surface area contributed by atoms with Crippen molar-refractivity contribution in [1.82, 2.24) is 0 Å². The number of carbonyl (C=O) groups excluding carboxylic acids is 1. The van der Waals surface area contributed by atoms with Crippen molar-refractivity contribution in [3.63, 3.8) is 0 Å². The summed E-state index contributed by atoms with van der Waals surface area (Å²) in [5, 5.41) is 5.71. The zero-order chi connectivity index (χ0) is 14.0. The third-order valence-electron chi connectivity index (χ3n) is 2.63. The number of hydrogen-bond acceptors (Lipinski definition) is 3. The van der Waals surface area contributed by atoms with Gasteiger partial charge in [0, 0.05) is 20.4 Å². The van der Waals surface area contributed by atoms with Gasteiger partial charge in [-0.25, -0.2) is 0 Å². The Bertz CT molecular complexity index is 614. The molecule has 0 saturated carbocycles. The molecule has 6 heteroatoms. The molecule has 2 rings (SSSR count). The van der Waals surface area contributed by atoms with E-state index in [1.807, 2.05) is 11.4 Å². The van der Waals surface area contributed by atoms with Crippen molar-refractivity contribution in [1.29, 1.82) is 0 Å². The van der Waals surface area contributed by atoms with E-state index in [4.69, 9.17) is 17.3 Å². The Morgan fingerprint density at radius 3 is 2.79 bits per heavy atom. The lowest BCUT2D eigenvalue weighted by molar-refractivity contribution is 0.100. The van der Waals surface area contributed by atoms with E-state index in [9.17, 15) is 4.79 Å². The molecule has 1 heterocycles. The number of hydrogen-bond donors (Lipinski definition) is 2. The zero-order valence-electron chi connectivity index (χ0n) is 10.1. The molecule has 0 saturated heterocycles. The topological polar surface area (TPSA) is 55.1 Å². The number of thiophene rings is 1. The number of amides is 1. The Hall–Kier alpha value is -1.04. The quantitative estimate of drug-likeness (QED) is 0.848.